The van der Waals surface area contributed by atoms with Crippen LogP contribution in [0.25, 0.3) is 0 Å². The standard InChI is InChI=1S/C13H18FN3O2/c14-12-9(2-1-3-11(12)13(15)17-19)7-16-6-8-4-10(18)5-8/h1-3,8,10,16,18-19H,4-7H2,(H2,15,17). The Bertz CT molecular complexity index is 473. The average molecular weight is 267 g/mol. The van der Waals surface area contributed by atoms with Crippen LogP contribution < -0.4 is 11.1 Å². The molecule has 1 saturated carbocycles. The van der Waals surface area contributed by atoms with E-state index in [0.29, 0.717) is 18.0 Å². The zero-order chi connectivity index (χ0) is 13.8. The molecule has 0 atom stereocenters. The molecule has 5 N–H and O–H groups in total. The van der Waals surface area contributed by atoms with Crippen LogP contribution in [0, 0.1) is 11.7 Å². The Hall–Kier alpha value is -1.66. The molecule has 5 nitrogen and oxygen atoms in total. The van der Waals surface area contributed by atoms with Crippen molar-refractivity contribution in [3.8, 4) is 0 Å². The minimum Gasteiger partial charge on any atom is -0.409 e. The molecule has 1 aromatic carbocycles. The number of hydrogen-bond donors (Lipinski definition) is 4. The van der Waals surface area contributed by atoms with Crippen LogP contribution in [0.2, 0.25) is 0 Å². The quantitative estimate of drug-likeness (QED) is 0.275. The second-order valence-electron chi connectivity index (χ2n) is 4.89. The van der Waals surface area contributed by atoms with Gasteiger partial charge in [-0.05, 0) is 31.4 Å². The highest BCUT2D eigenvalue weighted by molar-refractivity contribution is 5.97. The van der Waals surface area contributed by atoms with Gasteiger partial charge in [0.15, 0.2) is 5.84 Å². The van der Waals surface area contributed by atoms with Crippen LogP contribution in [0.4, 0.5) is 4.39 Å². The molecule has 104 valence electrons. The molecule has 0 aliphatic heterocycles. The zero-order valence-electron chi connectivity index (χ0n) is 10.5. The molecule has 0 radical (unpaired) electrons. The van der Waals surface area contributed by atoms with Crippen molar-refractivity contribution in [3.05, 3.63) is 35.1 Å². The number of nitrogens with two attached hydrogens (primary N) is 1. The van der Waals surface area contributed by atoms with Gasteiger partial charge >= 0.3 is 0 Å². The van der Waals surface area contributed by atoms with Crippen molar-refractivity contribution < 1.29 is 14.7 Å². The van der Waals surface area contributed by atoms with E-state index in [1.807, 2.05) is 0 Å². The Labute approximate surface area is 110 Å². The summed E-state index contributed by atoms with van der Waals surface area (Å²) in [5.74, 6) is -0.245. The summed E-state index contributed by atoms with van der Waals surface area (Å²) in [6, 6.07) is 4.79. The normalized spacial score (nSPS) is 23.2. The maximum absolute atomic E-state index is 14.0. The third-order valence-corrected chi connectivity index (χ3v) is 3.42. The lowest BCUT2D eigenvalue weighted by Crippen LogP contribution is -2.36. The Morgan fingerprint density at radius 2 is 2.21 bits per heavy atom. The fourth-order valence-corrected chi connectivity index (χ4v) is 2.25. The molecule has 6 heteroatoms. The van der Waals surface area contributed by atoms with Gasteiger partial charge in [0.25, 0.3) is 0 Å². The summed E-state index contributed by atoms with van der Waals surface area (Å²) >= 11 is 0. The number of amidine groups is 1. The minimum atomic E-state index is -0.473. The Morgan fingerprint density at radius 3 is 2.84 bits per heavy atom. The van der Waals surface area contributed by atoms with Gasteiger partial charge in [-0.15, -0.1) is 0 Å². The van der Waals surface area contributed by atoms with E-state index < -0.39 is 5.82 Å². The second kappa shape index (κ2) is 5.99. The molecule has 0 unspecified atom stereocenters. The van der Waals surface area contributed by atoms with Crippen LogP contribution in [0.3, 0.4) is 0 Å². The van der Waals surface area contributed by atoms with Gasteiger partial charge in [0, 0.05) is 12.1 Å². The van der Waals surface area contributed by atoms with Crippen molar-refractivity contribution in [2.75, 3.05) is 6.54 Å². The van der Waals surface area contributed by atoms with Crippen molar-refractivity contribution in [1.82, 2.24) is 5.32 Å². The van der Waals surface area contributed by atoms with E-state index in [1.165, 1.54) is 6.07 Å². The molecule has 0 aromatic heterocycles. The highest BCUT2D eigenvalue weighted by Gasteiger charge is 2.26. The van der Waals surface area contributed by atoms with Gasteiger partial charge < -0.3 is 21.4 Å². The fourth-order valence-electron chi connectivity index (χ4n) is 2.25. The summed E-state index contributed by atoms with van der Waals surface area (Å²) in [6.07, 6.45) is 1.44. The van der Waals surface area contributed by atoms with E-state index >= 15 is 0 Å². The van der Waals surface area contributed by atoms with Gasteiger partial charge in [0.05, 0.1) is 11.7 Å². The predicted molar refractivity (Wildman–Crippen MR) is 69.3 cm³/mol. The number of oxime groups is 1. The summed E-state index contributed by atoms with van der Waals surface area (Å²) < 4.78 is 14.0. The first-order valence-electron chi connectivity index (χ1n) is 6.26. The number of aliphatic hydroxyl groups is 1. The Kier molecular flexibility index (Phi) is 4.34. The van der Waals surface area contributed by atoms with Gasteiger partial charge in [0.2, 0.25) is 0 Å². The maximum Gasteiger partial charge on any atom is 0.173 e. The van der Waals surface area contributed by atoms with Crippen LogP contribution >= 0.6 is 0 Å². The van der Waals surface area contributed by atoms with Crippen molar-refractivity contribution in [2.45, 2.75) is 25.5 Å². The van der Waals surface area contributed by atoms with Crippen LogP contribution in [0.5, 0.6) is 0 Å². The fraction of sp³-hybridized carbons (Fsp3) is 0.462. The third-order valence-electron chi connectivity index (χ3n) is 3.42. The maximum atomic E-state index is 14.0. The van der Waals surface area contributed by atoms with Crippen LogP contribution in [-0.2, 0) is 6.54 Å². The van der Waals surface area contributed by atoms with Gasteiger partial charge in [-0.1, -0.05) is 17.3 Å². The number of halogens is 1. The lowest BCUT2D eigenvalue weighted by atomic mass is 9.82. The number of benzene rings is 1. The molecule has 1 aromatic rings. The zero-order valence-corrected chi connectivity index (χ0v) is 10.5. The van der Waals surface area contributed by atoms with Crippen LogP contribution in [0.15, 0.2) is 23.4 Å². The minimum absolute atomic E-state index is 0.0980. The van der Waals surface area contributed by atoms with E-state index in [1.54, 1.807) is 12.1 Å². The molecular weight excluding hydrogens is 249 g/mol. The molecule has 0 bridgehead atoms. The molecule has 2 rings (SSSR count). The Balaban J connectivity index is 1.93. The first kappa shape index (κ1) is 13.8. The summed E-state index contributed by atoms with van der Waals surface area (Å²) in [4.78, 5) is 0. The topological polar surface area (TPSA) is 90.9 Å². The van der Waals surface area contributed by atoms with Crippen molar-refractivity contribution >= 4 is 5.84 Å². The van der Waals surface area contributed by atoms with Crippen molar-refractivity contribution in [1.29, 1.82) is 0 Å². The van der Waals surface area contributed by atoms with Gasteiger partial charge in [-0.2, -0.15) is 0 Å². The summed E-state index contributed by atoms with van der Waals surface area (Å²) in [5, 5.41) is 23.7. The van der Waals surface area contributed by atoms with E-state index in [0.717, 1.165) is 19.4 Å². The van der Waals surface area contributed by atoms with Crippen LogP contribution in [0.1, 0.15) is 24.0 Å². The number of aliphatic hydroxyl groups excluding tert-OH is 1. The van der Waals surface area contributed by atoms with E-state index in [4.69, 9.17) is 16.0 Å². The second-order valence-corrected chi connectivity index (χ2v) is 4.89. The van der Waals surface area contributed by atoms with E-state index in [2.05, 4.69) is 10.5 Å². The van der Waals surface area contributed by atoms with Gasteiger partial charge in [-0.25, -0.2) is 4.39 Å². The molecule has 1 aliphatic carbocycles. The predicted octanol–water partition coefficient (Wildman–Crippen LogP) is 0.781. The van der Waals surface area contributed by atoms with Crippen molar-refractivity contribution in [2.24, 2.45) is 16.8 Å². The van der Waals surface area contributed by atoms with Gasteiger partial charge in [0.1, 0.15) is 5.82 Å². The van der Waals surface area contributed by atoms with E-state index in [-0.39, 0.29) is 17.5 Å². The van der Waals surface area contributed by atoms with E-state index in [9.17, 15) is 4.39 Å². The lowest BCUT2D eigenvalue weighted by molar-refractivity contribution is 0.0429. The summed E-state index contributed by atoms with van der Waals surface area (Å²) in [5.41, 5.74) is 5.97. The number of hydrogen-bond acceptors (Lipinski definition) is 4. The molecule has 0 heterocycles. The number of rotatable bonds is 5. The third kappa shape index (κ3) is 3.21. The molecule has 1 fully saturated rings. The molecule has 0 spiro atoms. The van der Waals surface area contributed by atoms with Crippen molar-refractivity contribution in [3.63, 3.8) is 0 Å². The summed E-state index contributed by atoms with van der Waals surface area (Å²) in [7, 11) is 0. The molecular formula is C13H18FN3O2. The molecule has 19 heavy (non-hydrogen) atoms. The molecule has 0 amide bonds. The lowest BCUT2D eigenvalue weighted by Gasteiger charge is -2.31. The highest BCUT2D eigenvalue weighted by atomic mass is 19.1. The van der Waals surface area contributed by atoms with Crippen LogP contribution in [-0.4, -0.2) is 28.8 Å². The van der Waals surface area contributed by atoms with Gasteiger partial charge in [-0.3, -0.25) is 0 Å². The molecule has 0 saturated heterocycles. The SMILES string of the molecule is N/C(=N/O)c1cccc(CNCC2CC(O)C2)c1F. The largest absolute Gasteiger partial charge is 0.409 e. The highest BCUT2D eigenvalue weighted by Crippen LogP contribution is 2.26. The number of nitrogens with one attached hydrogen (secondary N) is 1. The average Bonchev–Trinajstić information content (AvgIpc) is 2.37. The first-order valence-corrected chi connectivity index (χ1v) is 6.26. The first-order chi connectivity index (χ1) is 9.11. The molecule has 1 aliphatic rings. The number of nitrogens with zero attached hydrogens (tertiary/aromatic N) is 1. The summed E-state index contributed by atoms with van der Waals surface area (Å²) in [6.45, 7) is 1.13. The Morgan fingerprint density at radius 1 is 1.47 bits per heavy atom. The monoisotopic (exact) mass is 267 g/mol. The smallest absolute Gasteiger partial charge is 0.173 e.